The number of phenols is 1. The maximum Gasteiger partial charge on any atom is 0.325 e. The lowest BCUT2D eigenvalue weighted by Crippen LogP contribution is -2.38. The smallest absolute Gasteiger partial charge is 0.325 e. The molecule has 0 bridgehead atoms. The van der Waals surface area contributed by atoms with E-state index in [1.807, 2.05) is 16.3 Å². The number of benzene rings is 1. The van der Waals surface area contributed by atoms with Gasteiger partial charge in [-0.15, -0.1) is 11.3 Å². The molecular formula is C15H14ClNO3S. The highest BCUT2D eigenvalue weighted by atomic mass is 35.5. The van der Waals surface area contributed by atoms with Gasteiger partial charge < -0.3 is 10.2 Å². The van der Waals surface area contributed by atoms with E-state index in [-0.39, 0.29) is 5.75 Å². The minimum absolute atomic E-state index is 0.0998. The van der Waals surface area contributed by atoms with Crippen LogP contribution >= 0.6 is 22.9 Å². The van der Waals surface area contributed by atoms with Crippen LogP contribution in [0.3, 0.4) is 0 Å². The van der Waals surface area contributed by atoms with E-state index in [0.717, 1.165) is 16.9 Å². The van der Waals surface area contributed by atoms with Gasteiger partial charge in [0.05, 0.1) is 0 Å². The number of thiophene rings is 1. The fraction of sp³-hybridized carbons (Fsp3) is 0.267. The van der Waals surface area contributed by atoms with Crippen LogP contribution in [0.2, 0.25) is 5.02 Å². The number of nitrogens with zero attached hydrogens (tertiary/aromatic N) is 1. The Hall–Kier alpha value is -1.56. The second kappa shape index (κ2) is 5.67. The number of carbonyl (C=O) groups is 1. The first-order chi connectivity index (χ1) is 10.1. The van der Waals surface area contributed by atoms with Gasteiger partial charge in [-0.25, -0.2) is 0 Å². The van der Waals surface area contributed by atoms with E-state index < -0.39 is 12.0 Å². The number of aromatic hydroxyl groups is 1. The first-order valence-corrected chi connectivity index (χ1v) is 7.83. The minimum Gasteiger partial charge on any atom is -0.508 e. The largest absolute Gasteiger partial charge is 0.508 e. The van der Waals surface area contributed by atoms with Crippen molar-refractivity contribution in [1.82, 2.24) is 4.90 Å². The van der Waals surface area contributed by atoms with E-state index in [2.05, 4.69) is 0 Å². The van der Waals surface area contributed by atoms with Gasteiger partial charge in [0.2, 0.25) is 0 Å². The zero-order valence-electron chi connectivity index (χ0n) is 11.1. The first kappa shape index (κ1) is 14.4. The Balaban J connectivity index is 1.94. The maximum absolute atomic E-state index is 11.7. The van der Waals surface area contributed by atoms with Gasteiger partial charge in [0.15, 0.2) is 0 Å². The molecule has 1 atom stereocenters. The molecule has 0 aliphatic carbocycles. The van der Waals surface area contributed by atoms with Crippen LogP contribution in [-0.2, 0) is 17.8 Å². The highest BCUT2D eigenvalue weighted by Crippen LogP contribution is 2.36. The van der Waals surface area contributed by atoms with Crippen LogP contribution in [0.5, 0.6) is 5.75 Å². The lowest BCUT2D eigenvalue weighted by Gasteiger charge is -2.33. The van der Waals surface area contributed by atoms with Crippen molar-refractivity contribution in [1.29, 1.82) is 0 Å². The molecule has 6 heteroatoms. The van der Waals surface area contributed by atoms with Gasteiger partial charge in [0, 0.05) is 28.6 Å². The minimum atomic E-state index is -0.874. The van der Waals surface area contributed by atoms with Gasteiger partial charge in [0.25, 0.3) is 0 Å². The van der Waals surface area contributed by atoms with Crippen molar-refractivity contribution in [3.63, 3.8) is 0 Å². The van der Waals surface area contributed by atoms with Gasteiger partial charge in [-0.1, -0.05) is 17.7 Å². The Kier molecular flexibility index (Phi) is 3.89. The molecule has 0 fully saturated rings. The van der Waals surface area contributed by atoms with Crippen molar-refractivity contribution in [3.05, 3.63) is 50.7 Å². The van der Waals surface area contributed by atoms with Crippen LogP contribution in [0.15, 0.2) is 29.6 Å². The van der Waals surface area contributed by atoms with Gasteiger partial charge >= 0.3 is 5.97 Å². The molecule has 2 aromatic rings. The second-order valence-electron chi connectivity index (χ2n) is 5.00. The van der Waals surface area contributed by atoms with Crippen molar-refractivity contribution < 1.29 is 15.0 Å². The summed E-state index contributed by atoms with van der Waals surface area (Å²) in [6.07, 6.45) is 0.821. The van der Waals surface area contributed by atoms with Crippen LogP contribution in [-0.4, -0.2) is 27.6 Å². The number of halogens is 1. The Morgan fingerprint density at radius 2 is 2.24 bits per heavy atom. The van der Waals surface area contributed by atoms with Crippen molar-refractivity contribution >= 4 is 28.9 Å². The molecule has 1 aliphatic heterocycles. The number of rotatable bonds is 3. The normalized spacial score (nSPS) is 18.4. The Labute approximate surface area is 131 Å². The predicted molar refractivity (Wildman–Crippen MR) is 81.9 cm³/mol. The van der Waals surface area contributed by atoms with Crippen molar-refractivity contribution in [2.45, 2.75) is 19.0 Å². The first-order valence-electron chi connectivity index (χ1n) is 6.57. The van der Waals surface area contributed by atoms with Crippen LogP contribution in [0.25, 0.3) is 0 Å². The number of fused-ring (bicyclic) bond motifs is 1. The number of hydrogen-bond donors (Lipinski definition) is 2. The molecule has 2 heterocycles. The molecule has 2 N–H and O–H groups in total. The lowest BCUT2D eigenvalue weighted by molar-refractivity contribution is -0.144. The lowest BCUT2D eigenvalue weighted by atomic mass is 9.99. The molecule has 0 amide bonds. The average Bonchev–Trinajstić information content (AvgIpc) is 2.90. The molecule has 3 rings (SSSR count). The number of aliphatic carboxylic acids is 1. The van der Waals surface area contributed by atoms with Gasteiger partial charge in [-0.2, -0.15) is 0 Å². The quantitative estimate of drug-likeness (QED) is 0.910. The summed E-state index contributed by atoms with van der Waals surface area (Å²) in [5.41, 5.74) is 1.43. The van der Waals surface area contributed by atoms with Gasteiger partial charge in [-0.3, -0.25) is 9.69 Å². The standard InChI is InChI=1S/C15H14ClNO3S/c16-11-2-1-3-12(18)10(11)8-17-6-4-13-9(5-7-21-13)14(17)15(19)20/h1-3,5,7,14,18H,4,6,8H2,(H,19,20). The fourth-order valence-electron chi connectivity index (χ4n) is 2.73. The van der Waals surface area contributed by atoms with E-state index >= 15 is 0 Å². The summed E-state index contributed by atoms with van der Waals surface area (Å²) in [5.74, 6) is -0.774. The summed E-state index contributed by atoms with van der Waals surface area (Å²) in [6, 6.07) is 6.12. The summed E-state index contributed by atoms with van der Waals surface area (Å²) in [5, 5.41) is 21.9. The summed E-state index contributed by atoms with van der Waals surface area (Å²) in [7, 11) is 0. The third-order valence-electron chi connectivity index (χ3n) is 3.75. The highest BCUT2D eigenvalue weighted by Gasteiger charge is 2.34. The molecule has 1 aromatic heterocycles. The van der Waals surface area contributed by atoms with Crippen molar-refractivity contribution in [2.24, 2.45) is 0 Å². The monoisotopic (exact) mass is 323 g/mol. The van der Waals surface area contributed by atoms with Crippen molar-refractivity contribution in [3.8, 4) is 5.75 Å². The molecule has 1 aliphatic rings. The van der Waals surface area contributed by atoms with Gasteiger partial charge in [0.1, 0.15) is 11.8 Å². The van der Waals surface area contributed by atoms with E-state index in [9.17, 15) is 15.0 Å². The zero-order chi connectivity index (χ0) is 15.0. The Morgan fingerprint density at radius 1 is 1.43 bits per heavy atom. The summed E-state index contributed by atoms with van der Waals surface area (Å²) in [6.45, 7) is 0.951. The maximum atomic E-state index is 11.7. The van der Waals surface area contributed by atoms with E-state index in [1.54, 1.807) is 29.5 Å². The molecule has 0 saturated heterocycles. The molecule has 1 unspecified atom stereocenters. The van der Waals surface area contributed by atoms with Crippen LogP contribution < -0.4 is 0 Å². The number of carboxylic acids is 1. The fourth-order valence-corrected chi connectivity index (χ4v) is 3.87. The van der Waals surface area contributed by atoms with Crippen LogP contribution in [0.4, 0.5) is 0 Å². The van der Waals surface area contributed by atoms with Crippen molar-refractivity contribution in [2.75, 3.05) is 6.54 Å². The second-order valence-corrected chi connectivity index (χ2v) is 6.41. The molecule has 21 heavy (non-hydrogen) atoms. The Bertz CT molecular complexity index is 665. The highest BCUT2D eigenvalue weighted by molar-refractivity contribution is 7.10. The summed E-state index contributed by atoms with van der Waals surface area (Å²) < 4.78 is 0. The topological polar surface area (TPSA) is 60.8 Å². The number of hydrogen-bond acceptors (Lipinski definition) is 4. The number of carboxylic acid groups (broad SMARTS) is 1. The SMILES string of the molecule is O=C(O)C1c2ccsc2CCN1Cc1c(O)cccc1Cl. The van der Waals surface area contributed by atoms with E-state index in [0.29, 0.717) is 23.7 Å². The van der Waals surface area contributed by atoms with Crippen LogP contribution in [0, 0.1) is 0 Å². The molecule has 0 radical (unpaired) electrons. The van der Waals surface area contributed by atoms with E-state index in [4.69, 9.17) is 11.6 Å². The van der Waals surface area contributed by atoms with Crippen LogP contribution in [0.1, 0.15) is 22.0 Å². The third kappa shape index (κ3) is 2.64. The molecule has 0 saturated carbocycles. The molecule has 1 aromatic carbocycles. The molecule has 110 valence electrons. The molecular weight excluding hydrogens is 310 g/mol. The van der Waals surface area contributed by atoms with E-state index in [1.165, 1.54) is 0 Å². The van der Waals surface area contributed by atoms with Gasteiger partial charge in [-0.05, 0) is 35.6 Å². The predicted octanol–water partition coefficient (Wildman–Crippen LogP) is 3.29. The summed E-state index contributed by atoms with van der Waals surface area (Å²) in [4.78, 5) is 14.6. The summed E-state index contributed by atoms with van der Waals surface area (Å²) >= 11 is 7.72. The molecule has 4 nitrogen and oxygen atoms in total. The zero-order valence-corrected chi connectivity index (χ0v) is 12.7. The average molecular weight is 324 g/mol. The number of phenolic OH excluding ortho intramolecular Hbond substituents is 1. The molecule has 0 spiro atoms. The third-order valence-corrected chi connectivity index (χ3v) is 5.11. The Morgan fingerprint density at radius 3 is 2.95 bits per heavy atom.